The van der Waals surface area contributed by atoms with E-state index in [0.717, 1.165) is 0 Å². The molecule has 1 rings (SSSR count). The summed E-state index contributed by atoms with van der Waals surface area (Å²) in [5.41, 5.74) is 0.886. The quantitative estimate of drug-likeness (QED) is 0.813. The Labute approximate surface area is 94.7 Å². The zero-order valence-electron chi connectivity index (χ0n) is 9.40. The highest BCUT2D eigenvalue weighted by Crippen LogP contribution is 2.09. The van der Waals surface area contributed by atoms with Crippen LogP contribution in [0.5, 0.6) is 0 Å². The highest BCUT2D eigenvalue weighted by molar-refractivity contribution is 5.80. The molecule has 0 unspecified atom stereocenters. The maximum absolute atomic E-state index is 11.5. The predicted molar refractivity (Wildman–Crippen MR) is 60.8 cm³/mol. The van der Waals surface area contributed by atoms with Gasteiger partial charge in [0.05, 0.1) is 12.2 Å². The predicted octanol–water partition coefficient (Wildman–Crippen LogP) is 0.843. The van der Waals surface area contributed by atoms with E-state index in [4.69, 9.17) is 5.26 Å². The highest BCUT2D eigenvalue weighted by atomic mass is 16.2. The van der Waals surface area contributed by atoms with Gasteiger partial charge in [0.15, 0.2) is 5.69 Å². The van der Waals surface area contributed by atoms with Crippen LogP contribution in [0.4, 0.5) is 5.69 Å². The first-order valence-electron chi connectivity index (χ1n) is 5.02. The minimum absolute atomic E-state index is 0.0183. The number of rotatable bonds is 4. The largest absolute Gasteiger partial charge is 0.374 e. The molecule has 0 aromatic carbocycles. The zero-order chi connectivity index (χ0) is 12.0. The van der Waals surface area contributed by atoms with Gasteiger partial charge in [0.25, 0.3) is 0 Å². The normalized spacial score (nSPS) is 9.31. The number of nitriles is 1. The second kappa shape index (κ2) is 5.71. The van der Waals surface area contributed by atoms with Gasteiger partial charge in [-0.25, -0.2) is 4.98 Å². The molecule has 0 saturated carbocycles. The minimum atomic E-state index is -0.0183. The lowest BCUT2D eigenvalue weighted by molar-refractivity contribution is -0.127. The minimum Gasteiger partial charge on any atom is -0.374 e. The summed E-state index contributed by atoms with van der Waals surface area (Å²) in [5, 5.41) is 11.7. The van der Waals surface area contributed by atoms with E-state index in [9.17, 15) is 4.79 Å². The average molecular weight is 218 g/mol. The Bertz CT molecular complexity index is 411. The molecular weight excluding hydrogens is 204 g/mol. The fourth-order valence-electron chi connectivity index (χ4n) is 1.12. The van der Waals surface area contributed by atoms with Gasteiger partial charge in [0.2, 0.25) is 5.91 Å². The number of likely N-dealkylation sites (N-methyl/N-ethyl adjacent to an activating group) is 1. The summed E-state index contributed by atoms with van der Waals surface area (Å²) in [6, 6.07) is 5.41. The van der Waals surface area contributed by atoms with E-state index in [1.807, 2.05) is 13.0 Å². The third kappa shape index (κ3) is 2.95. The summed E-state index contributed by atoms with van der Waals surface area (Å²) in [7, 11) is 1.73. The lowest BCUT2D eigenvalue weighted by Gasteiger charge is -2.15. The number of nitrogens with one attached hydrogen (secondary N) is 1. The second-order valence-corrected chi connectivity index (χ2v) is 3.27. The molecule has 0 atom stereocenters. The number of hydrogen-bond acceptors (Lipinski definition) is 4. The molecule has 0 radical (unpaired) electrons. The number of carbonyl (C=O) groups excluding carboxylic acids is 1. The molecule has 1 amide bonds. The molecule has 5 heteroatoms. The number of carbonyl (C=O) groups is 1. The maximum atomic E-state index is 11.5. The fraction of sp³-hybridized carbons (Fsp3) is 0.364. The van der Waals surface area contributed by atoms with Crippen molar-refractivity contribution >= 4 is 11.6 Å². The summed E-state index contributed by atoms with van der Waals surface area (Å²) >= 11 is 0. The molecule has 1 N–H and O–H groups in total. The van der Waals surface area contributed by atoms with Crippen molar-refractivity contribution in [2.45, 2.75) is 6.92 Å². The van der Waals surface area contributed by atoms with E-state index in [1.165, 1.54) is 0 Å². The molecule has 1 heterocycles. The number of nitrogens with zero attached hydrogens (tertiary/aromatic N) is 3. The molecule has 1 aromatic heterocycles. The van der Waals surface area contributed by atoms with Gasteiger partial charge in [-0.05, 0) is 19.1 Å². The van der Waals surface area contributed by atoms with E-state index >= 15 is 0 Å². The molecule has 1 aromatic rings. The van der Waals surface area contributed by atoms with E-state index in [-0.39, 0.29) is 12.5 Å². The number of aromatic nitrogens is 1. The maximum Gasteiger partial charge on any atom is 0.241 e. The Morgan fingerprint density at radius 3 is 3.06 bits per heavy atom. The molecule has 0 bridgehead atoms. The molecule has 5 nitrogen and oxygen atoms in total. The van der Waals surface area contributed by atoms with Crippen LogP contribution in [0.2, 0.25) is 0 Å². The zero-order valence-corrected chi connectivity index (χ0v) is 9.40. The lowest BCUT2D eigenvalue weighted by atomic mass is 10.3. The van der Waals surface area contributed by atoms with Crippen molar-refractivity contribution < 1.29 is 4.79 Å². The lowest BCUT2D eigenvalue weighted by Crippen LogP contribution is -2.32. The smallest absolute Gasteiger partial charge is 0.241 e. The van der Waals surface area contributed by atoms with Crippen LogP contribution >= 0.6 is 0 Å². The van der Waals surface area contributed by atoms with Crippen molar-refractivity contribution in [1.29, 1.82) is 5.26 Å². The van der Waals surface area contributed by atoms with E-state index < -0.39 is 0 Å². The van der Waals surface area contributed by atoms with Crippen LogP contribution in [0.25, 0.3) is 0 Å². The van der Waals surface area contributed by atoms with Crippen LogP contribution in [-0.4, -0.2) is 35.9 Å². The topological polar surface area (TPSA) is 69.0 Å². The van der Waals surface area contributed by atoms with E-state index in [1.54, 1.807) is 30.3 Å². The van der Waals surface area contributed by atoms with Gasteiger partial charge >= 0.3 is 0 Å². The van der Waals surface area contributed by atoms with Crippen LogP contribution in [-0.2, 0) is 4.79 Å². The first-order valence-corrected chi connectivity index (χ1v) is 5.02. The molecule has 0 aliphatic heterocycles. The molecule has 0 saturated heterocycles. The molecular formula is C11H14N4O. The van der Waals surface area contributed by atoms with Crippen LogP contribution in [0.1, 0.15) is 12.6 Å². The Morgan fingerprint density at radius 2 is 2.44 bits per heavy atom. The summed E-state index contributed by atoms with van der Waals surface area (Å²) in [4.78, 5) is 17.0. The van der Waals surface area contributed by atoms with Gasteiger partial charge in [-0.2, -0.15) is 5.26 Å². The van der Waals surface area contributed by atoms with Gasteiger partial charge in [0, 0.05) is 19.8 Å². The van der Waals surface area contributed by atoms with Crippen molar-refractivity contribution in [2.75, 3.05) is 25.5 Å². The van der Waals surface area contributed by atoms with Crippen LogP contribution in [0.3, 0.4) is 0 Å². The summed E-state index contributed by atoms with van der Waals surface area (Å²) in [6.07, 6.45) is 1.55. The first kappa shape index (κ1) is 12.0. The molecule has 84 valence electrons. The SMILES string of the molecule is CCN(C)C(=O)CNc1cccnc1C#N. The van der Waals surface area contributed by atoms with Crippen molar-refractivity contribution in [2.24, 2.45) is 0 Å². The number of pyridine rings is 1. The summed E-state index contributed by atoms with van der Waals surface area (Å²) in [6.45, 7) is 2.74. The Kier molecular flexibility index (Phi) is 4.28. The Balaban J connectivity index is 2.62. The van der Waals surface area contributed by atoms with Crippen molar-refractivity contribution in [3.63, 3.8) is 0 Å². The highest BCUT2D eigenvalue weighted by Gasteiger charge is 2.07. The first-order chi connectivity index (χ1) is 7.69. The van der Waals surface area contributed by atoms with Gasteiger partial charge in [0.1, 0.15) is 6.07 Å². The Hall–Kier alpha value is -2.09. The number of hydrogen-bond donors (Lipinski definition) is 1. The van der Waals surface area contributed by atoms with Crippen LogP contribution in [0.15, 0.2) is 18.3 Å². The molecule has 0 spiro atoms. The fourth-order valence-corrected chi connectivity index (χ4v) is 1.12. The Morgan fingerprint density at radius 1 is 1.69 bits per heavy atom. The van der Waals surface area contributed by atoms with Crippen molar-refractivity contribution in [3.05, 3.63) is 24.0 Å². The summed E-state index contributed by atoms with van der Waals surface area (Å²) < 4.78 is 0. The monoisotopic (exact) mass is 218 g/mol. The average Bonchev–Trinajstić information content (AvgIpc) is 2.35. The van der Waals surface area contributed by atoms with E-state index in [0.29, 0.717) is 17.9 Å². The van der Waals surface area contributed by atoms with E-state index in [2.05, 4.69) is 10.3 Å². The van der Waals surface area contributed by atoms with Gasteiger partial charge in [-0.1, -0.05) is 0 Å². The molecule has 0 aliphatic rings. The van der Waals surface area contributed by atoms with Gasteiger partial charge in [-0.3, -0.25) is 4.79 Å². The van der Waals surface area contributed by atoms with Crippen LogP contribution in [0, 0.1) is 11.3 Å². The third-order valence-electron chi connectivity index (χ3n) is 2.24. The standard InChI is InChI=1S/C11H14N4O/c1-3-15(2)11(16)8-14-9-5-4-6-13-10(9)7-12/h4-6,14H,3,8H2,1-2H3. The van der Waals surface area contributed by atoms with Crippen molar-refractivity contribution in [1.82, 2.24) is 9.88 Å². The number of amides is 1. The van der Waals surface area contributed by atoms with Crippen molar-refractivity contribution in [3.8, 4) is 6.07 Å². The molecule has 0 fully saturated rings. The summed E-state index contributed by atoms with van der Waals surface area (Å²) in [5.74, 6) is -0.0183. The van der Waals surface area contributed by atoms with Crippen LogP contribution < -0.4 is 5.32 Å². The van der Waals surface area contributed by atoms with Gasteiger partial charge < -0.3 is 10.2 Å². The third-order valence-corrected chi connectivity index (χ3v) is 2.24. The van der Waals surface area contributed by atoms with Gasteiger partial charge in [-0.15, -0.1) is 0 Å². The molecule has 16 heavy (non-hydrogen) atoms. The molecule has 0 aliphatic carbocycles. The second-order valence-electron chi connectivity index (χ2n) is 3.27. The number of anilines is 1.